The first-order valence-electron chi connectivity index (χ1n) is 5.44. The van der Waals surface area contributed by atoms with E-state index in [1.54, 1.807) is 0 Å². The lowest BCUT2D eigenvalue weighted by molar-refractivity contribution is 0.430. The first-order valence-corrected chi connectivity index (χ1v) is 8.38. The van der Waals surface area contributed by atoms with Crippen molar-refractivity contribution in [3.63, 3.8) is 0 Å². The number of rotatable bonds is 6. The van der Waals surface area contributed by atoms with Gasteiger partial charge in [0.1, 0.15) is 10.7 Å². The van der Waals surface area contributed by atoms with E-state index in [2.05, 4.69) is 15.9 Å². The molecule has 1 rings (SSSR count). The van der Waals surface area contributed by atoms with Gasteiger partial charge in [-0.25, -0.2) is 12.8 Å². The van der Waals surface area contributed by atoms with Crippen LogP contribution < -0.4 is 0 Å². The van der Waals surface area contributed by atoms with Crippen molar-refractivity contribution in [3.05, 3.63) is 29.0 Å². The van der Waals surface area contributed by atoms with Gasteiger partial charge in [0.15, 0.2) is 0 Å². The number of halogens is 3. The fourth-order valence-corrected chi connectivity index (χ4v) is 4.19. The molecule has 18 heavy (non-hydrogen) atoms. The Balaban J connectivity index is 3.21. The molecule has 0 saturated heterocycles. The smallest absolute Gasteiger partial charge is 0.207 e. The van der Waals surface area contributed by atoms with E-state index in [0.29, 0.717) is 24.8 Å². The zero-order chi connectivity index (χ0) is 13.8. The average molecular weight is 359 g/mol. The molecule has 0 unspecified atom stereocenters. The van der Waals surface area contributed by atoms with Gasteiger partial charge in [-0.1, -0.05) is 34.5 Å². The van der Waals surface area contributed by atoms with Crippen LogP contribution in [0.4, 0.5) is 4.39 Å². The Morgan fingerprint density at radius 1 is 1.39 bits per heavy atom. The summed E-state index contributed by atoms with van der Waals surface area (Å²) < 4.78 is 39.1. The highest BCUT2D eigenvalue weighted by molar-refractivity contribution is 9.09. The number of benzene rings is 1. The van der Waals surface area contributed by atoms with Crippen LogP contribution in [0.2, 0.25) is 5.02 Å². The van der Waals surface area contributed by atoms with Crippen molar-refractivity contribution in [1.29, 1.82) is 0 Å². The predicted octanol–water partition coefficient (Wildman–Crippen LogP) is 3.27. The predicted molar refractivity (Wildman–Crippen MR) is 74.3 cm³/mol. The Hall–Kier alpha value is -0.170. The monoisotopic (exact) mass is 357 g/mol. The van der Waals surface area contributed by atoms with Crippen LogP contribution in [-0.2, 0) is 10.0 Å². The van der Waals surface area contributed by atoms with E-state index in [1.807, 2.05) is 6.92 Å². The van der Waals surface area contributed by atoms with Crippen LogP contribution in [0.25, 0.3) is 0 Å². The highest BCUT2D eigenvalue weighted by Crippen LogP contribution is 2.25. The lowest BCUT2D eigenvalue weighted by Gasteiger charge is -2.21. The molecule has 0 aliphatic heterocycles. The third kappa shape index (κ3) is 3.66. The molecule has 0 bridgehead atoms. The minimum Gasteiger partial charge on any atom is -0.207 e. The summed E-state index contributed by atoms with van der Waals surface area (Å²) in [7, 11) is -3.75. The Morgan fingerprint density at radius 3 is 2.61 bits per heavy atom. The summed E-state index contributed by atoms with van der Waals surface area (Å²) in [5, 5.41) is 0.547. The van der Waals surface area contributed by atoms with Gasteiger partial charge in [0.25, 0.3) is 0 Å². The molecule has 0 aromatic heterocycles. The summed E-state index contributed by atoms with van der Waals surface area (Å²) in [4.78, 5) is -0.182. The van der Waals surface area contributed by atoms with Gasteiger partial charge in [-0.2, -0.15) is 4.31 Å². The standard InChI is InChI=1S/C11H14BrClFNO2S/c1-2-6-15(7-5-12)18(16,17)11-8-9(14)3-4-10(11)13/h3-4,8H,2,5-7H2,1H3. The van der Waals surface area contributed by atoms with Crippen molar-refractivity contribution in [1.82, 2.24) is 4.31 Å². The highest BCUT2D eigenvalue weighted by Gasteiger charge is 2.26. The van der Waals surface area contributed by atoms with E-state index < -0.39 is 15.8 Å². The van der Waals surface area contributed by atoms with Crippen LogP contribution in [0.3, 0.4) is 0 Å². The quantitative estimate of drug-likeness (QED) is 0.732. The van der Waals surface area contributed by atoms with Crippen molar-refractivity contribution < 1.29 is 12.8 Å². The van der Waals surface area contributed by atoms with Crippen LogP contribution in [0, 0.1) is 5.82 Å². The van der Waals surface area contributed by atoms with Crippen LogP contribution in [0.1, 0.15) is 13.3 Å². The zero-order valence-corrected chi connectivity index (χ0v) is 13.0. The normalized spacial score (nSPS) is 12.1. The largest absolute Gasteiger partial charge is 0.244 e. The summed E-state index contributed by atoms with van der Waals surface area (Å²) in [5.41, 5.74) is 0. The summed E-state index contributed by atoms with van der Waals surface area (Å²) in [5.74, 6) is -0.617. The minimum atomic E-state index is -3.75. The molecule has 1 aromatic rings. The molecular formula is C11H14BrClFNO2S. The summed E-state index contributed by atoms with van der Waals surface area (Å²) in [6, 6.07) is 3.34. The second-order valence-corrected chi connectivity index (χ2v) is 6.77. The Labute approximate surface area is 120 Å². The van der Waals surface area contributed by atoms with Crippen LogP contribution in [0.15, 0.2) is 23.1 Å². The summed E-state index contributed by atoms with van der Waals surface area (Å²) in [6.07, 6.45) is 0.680. The number of sulfonamides is 1. The first kappa shape index (κ1) is 15.9. The highest BCUT2D eigenvalue weighted by atomic mass is 79.9. The van der Waals surface area contributed by atoms with E-state index in [-0.39, 0.29) is 9.92 Å². The van der Waals surface area contributed by atoms with Crippen molar-refractivity contribution in [2.75, 3.05) is 18.4 Å². The minimum absolute atomic E-state index is 0.0343. The molecule has 1 aromatic carbocycles. The number of nitrogens with zero attached hydrogens (tertiary/aromatic N) is 1. The molecule has 102 valence electrons. The number of hydrogen-bond acceptors (Lipinski definition) is 2. The molecular weight excluding hydrogens is 345 g/mol. The maximum absolute atomic E-state index is 13.2. The fourth-order valence-electron chi connectivity index (χ4n) is 1.51. The second-order valence-electron chi connectivity index (χ2n) is 3.67. The number of alkyl halides is 1. The first-order chi connectivity index (χ1) is 8.43. The van der Waals surface area contributed by atoms with Gasteiger partial charge in [0.2, 0.25) is 10.0 Å². The van der Waals surface area contributed by atoms with E-state index in [0.717, 1.165) is 12.1 Å². The van der Waals surface area contributed by atoms with Gasteiger partial charge in [0.05, 0.1) is 5.02 Å². The van der Waals surface area contributed by atoms with Crippen LogP contribution in [-0.4, -0.2) is 31.1 Å². The summed E-state index contributed by atoms with van der Waals surface area (Å²) in [6.45, 7) is 2.58. The SMILES string of the molecule is CCCN(CCBr)S(=O)(=O)c1cc(F)ccc1Cl. The maximum Gasteiger partial charge on any atom is 0.244 e. The lowest BCUT2D eigenvalue weighted by atomic mass is 10.3. The third-order valence-corrected chi connectivity index (χ3v) is 5.05. The van der Waals surface area contributed by atoms with Crippen molar-refractivity contribution in [2.45, 2.75) is 18.2 Å². The summed E-state index contributed by atoms with van der Waals surface area (Å²) >= 11 is 9.05. The zero-order valence-electron chi connectivity index (χ0n) is 9.87. The molecule has 0 aliphatic rings. The van der Waals surface area contributed by atoms with Crippen molar-refractivity contribution in [2.24, 2.45) is 0 Å². The van der Waals surface area contributed by atoms with E-state index >= 15 is 0 Å². The van der Waals surface area contributed by atoms with Gasteiger partial charge in [0, 0.05) is 18.4 Å². The van der Waals surface area contributed by atoms with Crippen LogP contribution in [0.5, 0.6) is 0 Å². The Bertz CT molecular complexity index is 504. The van der Waals surface area contributed by atoms with E-state index in [4.69, 9.17) is 11.6 Å². The van der Waals surface area contributed by atoms with Gasteiger partial charge < -0.3 is 0 Å². The second kappa shape index (κ2) is 6.84. The van der Waals surface area contributed by atoms with Crippen molar-refractivity contribution in [3.8, 4) is 0 Å². The van der Waals surface area contributed by atoms with Gasteiger partial charge in [-0.05, 0) is 24.6 Å². The van der Waals surface area contributed by atoms with E-state index in [9.17, 15) is 12.8 Å². The van der Waals surface area contributed by atoms with Gasteiger partial charge in [-0.3, -0.25) is 0 Å². The maximum atomic E-state index is 13.2. The van der Waals surface area contributed by atoms with Crippen LogP contribution >= 0.6 is 27.5 Å². The molecule has 3 nitrogen and oxygen atoms in total. The molecule has 0 heterocycles. The molecule has 0 saturated carbocycles. The average Bonchev–Trinajstić information content (AvgIpc) is 2.32. The topological polar surface area (TPSA) is 37.4 Å². The Morgan fingerprint density at radius 2 is 2.06 bits per heavy atom. The third-order valence-electron chi connectivity index (χ3n) is 2.32. The molecule has 7 heteroatoms. The van der Waals surface area contributed by atoms with Crippen molar-refractivity contribution >= 4 is 37.6 Å². The van der Waals surface area contributed by atoms with Gasteiger partial charge >= 0.3 is 0 Å². The molecule has 0 atom stereocenters. The molecule has 0 N–H and O–H groups in total. The molecule has 0 aliphatic carbocycles. The molecule has 0 fully saturated rings. The lowest BCUT2D eigenvalue weighted by Crippen LogP contribution is -2.33. The van der Waals surface area contributed by atoms with E-state index in [1.165, 1.54) is 10.4 Å². The molecule has 0 amide bonds. The number of hydrogen-bond donors (Lipinski definition) is 0. The Kier molecular flexibility index (Phi) is 6.04. The molecule has 0 spiro atoms. The van der Waals surface area contributed by atoms with Gasteiger partial charge in [-0.15, -0.1) is 0 Å². The molecule has 0 radical (unpaired) electrons. The fraction of sp³-hybridized carbons (Fsp3) is 0.455.